The number of carbonyl (C=O) groups excluding carboxylic acids is 2. The fraction of sp³-hybridized carbons (Fsp3) is 0.412. The molecule has 1 saturated carbocycles. The largest absolute Gasteiger partial charge is 0.460 e. The molecule has 6 rings (SSSR count). The summed E-state index contributed by atoms with van der Waals surface area (Å²) in [5.41, 5.74) is -1.53. The van der Waals surface area contributed by atoms with Gasteiger partial charge in [0.05, 0.1) is 18.2 Å². The topological polar surface area (TPSA) is 189 Å². The van der Waals surface area contributed by atoms with E-state index in [2.05, 4.69) is 10.1 Å². The van der Waals surface area contributed by atoms with Crippen molar-refractivity contribution in [2.45, 2.75) is 77.2 Å². The minimum atomic E-state index is -4.43. The van der Waals surface area contributed by atoms with Gasteiger partial charge in [-0.3, -0.25) is 28.2 Å². The summed E-state index contributed by atoms with van der Waals surface area (Å²) in [6.07, 6.45) is 0.270. The van der Waals surface area contributed by atoms with Crippen LogP contribution in [0.15, 0.2) is 82.6 Å². The number of H-pyrrole nitrogens is 1. The molecule has 1 unspecified atom stereocenters. The fourth-order valence-corrected chi connectivity index (χ4v) is 7.35. The molecule has 1 aliphatic heterocycles. The second kappa shape index (κ2) is 13.6. The van der Waals surface area contributed by atoms with E-state index < -0.39 is 73.2 Å². The molecule has 3 N–H and O–H groups in total. The van der Waals surface area contributed by atoms with Crippen LogP contribution in [-0.2, 0) is 34.7 Å². The van der Waals surface area contributed by atoms with E-state index in [1.54, 1.807) is 57.3 Å². The van der Waals surface area contributed by atoms with Gasteiger partial charge >= 0.3 is 25.5 Å². The van der Waals surface area contributed by atoms with Crippen molar-refractivity contribution in [3.05, 3.63) is 99.5 Å². The van der Waals surface area contributed by atoms with Crippen molar-refractivity contribution in [1.29, 1.82) is 0 Å². The molecule has 50 heavy (non-hydrogen) atoms. The molecule has 1 spiro atoms. The van der Waals surface area contributed by atoms with Crippen molar-refractivity contribution in [1.82, 2.24) is 19.2 Å². The standard InChI is InChI=1S/C34H39N4O11P/c1-21(29(41)45-19-22-8-6-5-7-9-22)36-50(44,49-24-10-11-25-23(18-24)12-16-37(25)32(43)48-33(2,3)4)46-20-26-28(40)34(14-15-34)30(47-26)38-17-13-27(39)35-31(38)42/h5-13,16-18,21,26,28,30,40H,14-15,19-20H2,1-4H3,(H,36,44)(H,35,39,42)/t21-,26+,28+,30+,50?/m0/s1. The number of aromatic nitrogens is 3. The van der Waals surface area contributed by atoms with Crippen LogP contribution in [0.25, 0.3) is 10.9 Å². The summed E-state index contributed by atoms with van der Waals surface area (Å²) < 4.78 is 45.6. The highest BCUT2D eigenvalue weighted by Crippen LogP contribution is 2.62. The number of aliphatic hydroxyl groups excluding tert-OH is 1. The summed E-state index contributed by atoms with van der Waals surface area (Å²) in [4.78, 5) is 52.1. The third kappa shape index (κ3) is 7.62. The van der Waals surface area contributed by atoms with E-state index in [0.29, 0.717) is 23.7 Å². The lowest BCUT2D eigenvalue weighted by Crippen LogP contribution is -2.37. The van der Waals surface area contributed by atoms with Gasteiger partial charge in [0.15, 0.2) is 0 Å². The summed E-state index contributed by atoms with van der Waals surface area (Å²) >= 11 is 0. The lowest BCUT2D eigenvalue weighted by molar-refractivity contribution is -0.146. The number of ether oxygens (including phenoxy) is 3. The molecular weight excluding hydrogens is 671 g/mol. The summed E-state index contributed by atoms with van der Waals surface area (Å²) in [7, 11) is -4.43. The van der Waals surface area contributed by atoms with E-state index >= 15 is 0 Å². The van der Waals surface area contributed by atoms with Gasteiger partial charge in [0.2, 0.25) is 0 Å². The first kappa shape index (κ1) is 35.3. The second-order valence-corrected chi connectivity index (χ2v) is 15.1. The van der Waals surface area contributed by atoms with Crippen LogP contribution in [0.1, 0.15) is 52.3 Å². The maximum absolute atomic E-state index is 14.4. The Hall–Kier alpha value is -4.53. The molecule has 0 radical (unpaired) electrons. The maximum atomic E-state index is 14.4. The van der Waals surface area contributed by atoms with E-state index in [1.807, 2.05) is 18.2 Å². The predicted octanol–water partition coefficient (Wildman–Crippen LogP) is 4.24. The molecule has 5 atom stereocenters. The van der Waals surface area contributed by atoms with Crippen LogP contribution < -0.4 is 20.9 Å². The van der Waals surface area contributed by atoms with Crippen LogP contribution in [0.2, 0.25) is 0 Å². The Kier molecular flexibility index (Phi) is 9.64. The number of carbonyl (C=O) groups is 2. The lowest BCUT2D eigenvalue weighted by atomic mass is 9.96. The molecule has 0 bridgehead atoms. The van der Waals surface area contributed by atoms with Gasteiger partial charge in [-0.05, 0) is 70.4 Å². The van der Waals surface area contributed by atoms with Gasteiger partial charge in [0.1, 0.15) is 36.3 Å². The molecular formula is C34H39N4O11P. The second-order valence-electron chi connectivity index (χ2n) is 13.4. The number of rotatable bonds is 11. The van der Waals surface area contributed by atoms with Crippen molar-refractivity contribution < 1.29 is 42.5 Å². The molecule has 266 valence electrons. The molecule has 0 amide bonds. The van der Waals surface area contributed by atoms with Crippen LogP contribution in [0.4, 0.5) is 4.79 Å². The summed E-state index contributed by atoms with van der Waals surface area (Å²) in [6, 6.07) is 15.3. The van der Waals surface area contributed by atoms with Gasteiger partial charge in [0.25, 0.3) is 5.56 Å². The van der Waals surface area contributed by atoms with E-state index in [9.17, 15) is 28.8 Å². The minimum absolute atomic E-state index is 0.0152. The molecule has 2 aromatic heterocycles. The zero-order chi connectivity index (χ0) is 35.8. The molecule has 15 nitrogen and oxygen atoms in total. The zero-order valence-electron chi connectivity index (χ0n) is 27.9. The van der Waals surface area contributed by atoms with Crippen LogP contribution >= 0.6 is 7.75 Å². The molecule has 1 saturated heterocycles. The van der Waals surface area contributed by atoms with Crippen LogP contribution in [0, 0.1) is 5.41 Å². The minimum Gasteiger partial charge on any atom is -0.460 e. The summed E-state index contributed by atoms with van der Waals surface area (Å²) in [6.45, 7) is 6.25. The molecule has 2 fully saturated rings. The third-order valence-electron chi connectivity index (χ3n) is 8.48. The number of aromatic amines is 1. The van der Waals surface area contributed by atoms with Crippen molar-refractivity contribution in [3.8, 4) is 5.75 Å². The Bertz CT molecular complexity index is 2050. The van der Waals surface area contributed by atoms with E-state index in [1.165, 1.54) is 34.4 Å². The lowest BCUT2D eigenvalue weighted by Gasteiger charge is -2.25. The zero-order valence-corrected chi connectivity index (χ0v) is 28.8. The van der Waals surface area contributed by atoms with Gasteiger partial charge in [-0.25, -0.2) is 14.2 Å². The van der Waals surface area contributed by atoms with Gasteiger partial charge in [-0.15, -0.1) is 0 Å². The smallest absolute Gasteiger partial charge is 0.459 e. The number of esters is 1. The SMILES string of the molecule is C[C@H](NP(=O)(OC[C@H]1O[C@@H](n2ccc(=O)[nH]c2=O)C2(CC2)[C@@H]1O)Oc1ccc2c(ccn2C(=O)OC(C)(C)C)c1)C(=O)OCc1ccccc1. The van der Waals surface area contributed by atoms with E-state index in [0.717, 1.165) is 5.56 Å². The monoisotopic (exact) mass is 710 g/mol. The summed E-state index contributed by atoms with van der Waals surface area (Å²) in [5.74, 6) is -0.637. The highest BCUT2D eigenvalue weighted by atomic mass is 31.2. The Morgan fingerprint density at radius 2 is 1.84 bits per heavy atom. The van der Waals surface area contributed by atoms with E-state index in [-0.39, 0.29) is 12.4 Å². The third-order valence-corrected chi connectivity index (χ3v) is 10.1. The Morgan fingerprint density at radius 3 is 2.52 bits per heavy atom. The Labute approximate surface area is 286 Å². The number of hydrogen-bond donors (Lipinski definition) is 3. The van der Waals surface area contributed by atoms with Crippen LogP contribution in [-0.4, -0.2) is 61.7 Å². The van der Waals surface area contributed by atoms with Gasteiger partial charge in [-0.1, -0.05) is 30.3 Å². The quantitative estimate of drug-likeness (QED) is 0.149. The maximum Gasteiger partial charge on any atom is 0.459 e. The summed E-state index contributed by atoms with van der Waals surface area (Å²) in [5, 5.41) is 14.5. The Morgan fingerprint density at radius 1 is 1.10 bits per heavy atom. The highest BCUT2D eigenvalue weighted by molar-refractivity contribution is 7.52. The average Bonchev–Trinajstić information content (AvgIpc) is 3.68. The molecule has 4 aromatic rings. The van der Waals surface area contributed by atoms with Crippen molar-refractivity contribution in [2.24, 2.45) is 5.41 Å². The number of nitrogens with one attached hydrogen (secondary N) is 2. The van der Waals surface area contributed by atoms with Crippen LogP contribution in [0.3, 0.4) is 0 Å². The molecule has 2 aliphatic rings. The van der Waals surface area contributed by atoms with Crippen LogP contribution in [0.5, 0.6) is 5.75 Å². The molecule has 16 heteroatoms. The number of benzene rings is 2. The fourth-order valence-electron chi connectivity index (χ4n) is 5.86. The molecule has 3 heterocycles. The highest BCUT2D eigenvalue weighted by Gasteiger charge is 2.64. The van der Waals surface area contributed by atoms with E-state index in [4.69, 9.17) is 23.3 Å². The number of nitrogens with zero attached hydrogens (tertiary/aromatic N) is 2. The van der Waals surface area contributed by atoms with Crippen molar-refractivity contribution in [2.75, 3.05) is 6.61 Å². The van der Waals surface area contributed by atoms with Gasteiger partial charge in [-0.2, -0.15) is 5.09 Å². The molecule has 1 aliphatic carbocycles. The molecule has 2 aromatic carbocycles. The van der Waals surface area contributed by atoms with Crippen molar-refractivity contribution >= 4 is 30.7 Å². The number of fused-ring (bicyclic) bond motifs is 1. The van der Waals surface area contributed by atoms with Gasteiger partial charge in [0, 0.05) is 29.3 Å². The van der Waals surface area contributed by atoms with Crippen molar-refractivity contribution in [3.63, 3.8) is 0 Å². The first-order chi connectivity index (χ1) is 23.7. The average molecular weight is 711 g/mol. The first-order valence-electron chi connectivity index (χ1n) is 16.1. The van der Waals surface area contributed by atoms with Gasteiger partial charge < -0.3 is 23.8 Å². The Balaban J connectivity index is 1.22. The number of hydrogen-bond acceptors (Lipinski definition) is 11. The normalized spacial score (nSPS) is 21.4. The number of aliphatic hydroxyl groups is 1. The first-order valence-corrected chi connectivity index (χ1v) is 17.6. The predicted molar refractivity (Wildman–Crippen MR) is 179 cm³/mol.